The normalized spacial score (nSPS) is 10.5. The molecule has 0 heterocycles. The monoisotopic (exact) mass is 250 g/mol. The van der Waals surface area contributed by atoms with Gasteiger partial charge < -0.3 is 4.74 Å². The topological polar surface area (TPSA) is 62.1 Å². The molecule has 0 fully saturated rings. The van der Waals surface area contributed by atoms with Gasteiger partial charge in [-0.15, -0.1) is 12.6 Å². The molecule has 0 unspecified atom stereocenters. The minimum Gasteiger partial charge on any atom is -0.444 e. The molecule has 0 aliphatic rings. The summed E-state index contributed by atoms with van der Waals surface area (Å²) < 4.78 is 5.10. The first-order valence-electron chi connectivity index (χ1n) is 5.05. The van der Waals surface area contributed by atoms with Crippen molar-refractivity contribution in [2.24, 2.45) is 0 Å². The molecule has 0 atom stereocenters. The number of carbonyl (C=O) groups is 1. The van der Waals surface area contributed by atoms with Gasteiger partial charge in [0.25, 0.3) is 0 Å². The fraction of sp³-hybridized carbons (Fsp3) is 0.333. The first-order chi connectivity index (χ1) is 7.83. The Kier molecular flexibility index (Phi) is 4.02. The number of ether oxygens (including phenoxy) is 1. The molecule has 90 valence electrons. The maximum atomic E-state index is 11.5. The summed E-state index contributed by atoms with van der Waals surface area (Å²) in [5.41, 5.74) is 0.303. The summed E-state index contributed by atoms with van der Waals surface area (Å²) in [6, 6.07) is 6.95. The molecule has 1 aromatic rings. The molecule has 0 saturated carbocycles. The molecule has 1 aromatic carbocycles. The highest BCUT2D eigenvalue weighted by Gasteiger charge is 2.17. The van der Waals surface area contributed by atoms with E-state index < -0.39 is 11.7 Å². The van der Waals surface area contributed by atoms with Gasteiger partial charge in [0.1, 0.15) is 11.7 Å². The number of benzene rings is 1. The minimum absolute atomic E-state index is 0.405. The van der Waals surface area contributed by atoms with Crippen molar-refractivity contribution in [1.82, 2.24) is 0 Å². The van der Waals surface area contributed by atoms with Crippen LogP contribution in [0.5, 0.6) is 0 Å². The van der Waals surface area contributed by atoms with Crippen LogP contribution >= 0.6 is 12.6 Å². The highest BCUT2D eigenvalue weighted by molar-refractivity contribution is 7.80. The summed E-state index contributed by atoms with van der Waals surface area (Å²) in [6.45, 7) is 5.33. The van der Waals surface area contributed by atoms with E-state index in [-0.39, 0.29) is 0 Å². The Labute approximate surface area is 106 Å². The summed E-state index contributed by atoms with van der Waals surface area (Å²) >= 11 is 4.18. The van der Waals surface area contributed by atoms with Crippen LogP contribution in [0.2, 0.25) is 0 Å². The Morgan fingerprint density at radius 3 is 2.65 bits per heavy atom. The van der Waals surface area contributed by atoms with E-state index in [1.54, 1.807) is 39.0 Å². The Hall–Kier alpha value is -1.67. The molecule has 0 aromatic heterocycles. The largest absolute Gasteiger partial charge is 0.444 e. The van der Waals surface area contributed by atoms with Crippen LogP contribution in [0.25, 0.3) is 0 Å². The van der Waals surface area contributed by atoms with E-state index >= 15 is 0 Å². The van der Waals surface area contributed by atoms with E-state index in [0.29, 0.717) is 16.1 Å². The summed E-state index contributed by atoms with van der Waals surface area (Å²) in [5.74, 6) is 0. The number of hydrogen-bond acceptors (Lipinski definition) is 4. The van der Waals surface area contributed by atoms with Gasteiger partial charge in [0.05, 0.1) is 11.3 Å². The van der Waals surface area contributed by atoms with Crippen LogP contribution in [0.15, 0.2) is 23.1 Å². The number of nitriles is 1. The number of carbonyl (C=O) groups excluding carboxylic acids is 1. The summed E-state index contributed by atoms with van der Waals surface area (Å²) in [4.78, 5) is 12.0. The lowest BCUT2D eigenvalue weighted by Gasteiger charge is -2.20. The van der Waals surface area contributed by atoms with Crippen LogP contribution in [-0.4, -0.2) is 11.7 Å². The lowest BCUT2D eigenvalue weighted by Crippen LogP contribution is -2.27. The Morgan fingerprint density at radius 1 is 1.47 bits per heavy atom. The van der Waals surface area contributed by atoms with Gasteiger partial charge in [-0.3, -0.25) is 5.32 Å². The van der Waals surface area contributed by atoms with Crippen molar-refractivity contribution in [3.8, 4) is 6.07 Å². The molecular weight excluding hydrogens is 236 g/mol. The molecule has 1 amide bonds. The summed E-state index contributed by atoms with van der Waals surface area (Å²) in [5, 5.41) is 11.4. The van der Waals surface area contributed by atoms with E-state index in [4.69, 9.17) is 10.00 Å². The molecule has 4 nitrogen and oxygen atoms in total. The quantitative estimate of drug-likeness (QED) is 0.752. The maximum absolute atomic E-state index is 11.5. The molecule has 1 N–H and O–H groups in total. The minimum atomic E-state index is -0.567. The fourth-order valence-corrected chi connectivity index (χ4v) is 1.40. The van der Waals surface area contributed by atoms with Gasteiger partial charge in [-0.2, -0.15) is 5.26 Å². The predicted molar refractivity (Wildman–Crippen MR) is 68.3 cm³/mol. The zero-order valence-corrected chi connectivity index (χ0v) is 10.8. The summed E-state index contributed by atoms with van der Waals surface area (Å²) in [6.07, 6.45) is -0.567. The number of thiol groups is 1. The lowest BCUT2D eigenvalue weighted by molar-refractivity contribution is 0.0635. The Bertz CT molecular complexity index is 472. The fourth-order valence-electron chi connectivity index (χ4n) is 1.15. The van der Waals surface area contributed by atoms with E-state index in [2.05, 4.69) is 17.9 Å². The molecule has 5 heteroatoms. The molecule has 0 radical (unpaired) electrons. The molecule has 0 bridgehead atoms. The van der Waals surface area contributed by atoms with Crippen molar-refractivity contribution < 1.29 is 9.53 Å². The van der Waals surface area contributed by atoms with Crippen molar-refractivity contribution in [3.05, 3.63) is 23.8 Å². The number of anilines is 1. The van der Waals surface area contributed by atoms with Crippen LogP contribution in [0, 0.1) is 11.3 Å². The van der Waals surface area contributed by atoms with Gasteiger partial charge in [-0.25, -0.2) is 4.79 Å². The predicted octanol–water partition coefficient (Wildman–Crippen LogP) is 3.19. The van der Waals surface area contributed by atoms with E-state index in [1.807, 2.05) is 6.07 Å². The molecule has 0 saturated heterocycles. The third-order valence-electron chi connectivity index (χ3n) is 1.79. The number of rotatable bonds is 1. The second kappa shape index (κ2) is 5.11. The first kappa shape index (κ1) is 13.4. The van der Waals surface area contributed by atoms with Crippen LogP contribution in [0.4, 0.5) is 10.5 Å². The maximum Gasteiger partial charge on any atom is 0.412 e. The SMILES string of the molecule is CC(C)(C)OC(=O)Nc1cccc(C#N)c1S. The third kappa shape index (κ3) is 4.00. The van der Waals surface area contributed by atoms with Crippen LogP contribution < -0.4 is 5.32 Å². The van der Waals surface area contributed by atoms with E-state index in [1.165, 1.54) is 0 Å². The smallest absolute Gasteiger partial charge is 0.412 e. The third-order valence-corrected chi connectivity index (χ3v) is 2.27. The Balaban J connectivity index is 2.83. The standard InChI is InChI=1S/C12H14N2O2S/c1-12(2,3)16-11(15)14-9-6-4-5-8(7-13)10(9)17/h4-6,17H,1-3H3,(H,14,15). The first-order valence-corrected chi connectivity index (χ1v) is 5.50. The van der Waals surface area contributed by atoms with Gasteiger partial charge >= 0.3 is 6.09 Å². The molecule has 1 rings (SSSR count). The van der Waals surface area contributed by atoms with Crippen LogP contribution in [0.1, 0.15) is 26.3 Å². The summed E-state index contributed by atoms with van der Waals surface area (Å²) in [7, 11) is 0. The molecule has 17 heavy (non-hydrogen) atoms. The van der Waals surface area contributed by atoms with Crippen molar-refractivity contribution in [1.29, 1.82) is 5.26 Å². The van der Waals surface area contributed by atoms with Crippen molar-refractivity contribution in [2.75, 3.05) is 5.32 Å². The van der Waals surface area contributed by atoms with Crippen molar-refractivity contribution in [2.45, 2.75) is 31.3 Å². The van der Waals surface area contributed by atoms with E-state index in [9.17, 15) is 4.79 Å². The molecule has 0 spiro atoms. The lowest BCUT2D eigenvalue weighted by atomic mass is 10.2. The number of nitrogens with one attached hydrogen (secondary N) is 1. The van der Waals surface area contributed by atoms with Crippen LogP contribution in [0.3, 0.4) is 0 Å². The van der Waals surface area contributed by atoms with Gasteiger partial charge in [-0.1, -0.05) is 6.07 Å². The van der Waals surface area contributed by atoms with Crippen LogP contribution in [-0.2, 0) is 4.74 Å². The molecule has 0 aliphatic heterocycles. The van der Waals surface area contributed by atoms with Gasteiger partial charge in [-0.05, 0) is 32.9 Å². The number of hydrogen-bond donors (Lipinski definition) is 2. The van der Waals surface area contributed by atoms with Crippen molar-refractivity contribution in [3.63, 3.8) is 0 Å². The highest BCUT2D eigenvalue weighted by Crippen LogP contribution is 2.24. The number of amides is 1. The zero-order chi connectivity index (χ0) is 13.1. The number of nitrogens with zero attached hydrogens (tertiary/aromatic N) is 1. The average molecular weight is 250 g/mol. The molecular formula is C12H14N2O2S. The molecule has 0 aliphatic carbocycles. The second-order valence-corrected chi connectivity index (χ2v) is 4.89. The second-order valence-electron chi connectivity index (χ2n) is 4.44. The van der Waals surface area contributed by atoms with Crippen molar-refractivity contribution >= 4 is 24.4 Å². The van der Waals surface area contributed by atoms with E-state index in [0.717, 1.165) is 0 Å². The van der Waals surface area contributed by atoms with Gasteiger partial charge in [0.2, 0.25) is 0 Å². The average Bonchev–Trinajstić information content (AvgIpc) is 2.18. The zero-order valence-electron chi connectivity index (χ0n) is 9.94. The van der Waals surface area contributed by atoms with Gasteiger partial charge in [0, 0.05) is 4.90 Å². The Morgan fingerprint density at radius 2 is 2.12 bits per heavy atom. The van der Waals surface area contributed by atoms with Gasteiger partial charge in [0.15, 0.2) is 0 Å². The highest BCUT2D eigenvalue weighted by atomic mass is 32.1.